The molecule has 0 spiro atoms. The van der Waals surface area contributed by atoms with Gasteiger partial charge in [0.25, 0.3) is 0 Å². The molecule has 0 saturated heterocycles. The fraction of sp³-hybridized carbons (Fsp3) is 0.353. The predicted octanol–water partition coefficient (Wildman–Crippen LogP) is 3.82. The molecule has 118 valence electrons. The first-order chi connectivity index (χ1) is 10.8. The average Bonchev–Trinajstić information content (AvgIpc) is 3.03. The SMILES string of the molecule is CCCCOc1ccc(NC(=O)NCCc2ccoc2)cc1. The van der Waals surface area contributed by atoms with Crippen LogP contribution in [0.3, 0.4) is 0 Å². The van der Waals surface area contributed by atoms with Gasteiger partial charge in [-0.3, -0.25) is 0 Å². The molecule has 2 amide bonds. The molecular weight excluding hydrogens is 280 g/mol. The van der Waals surface area contributed by atoms with Crippen LogP contribution in [0.1, 0.15) is 25.3 Å². The fourth-order valence-electron chi connectivity index (χ4n) is 1.90. The molecule has 0 saturated carbocycles. The first-order valence-electron chi connectivity index (χ1n) is 7.56. The maximum atomic E-state index is 11.8. The summed E-state index contributed by atoms with van der Waals surface area (Å²) in [5.41, 5.74) is 1.80. The van der Waals surface area contributed by atoms with E-state index in [-0.39, 0.29) is 6.03 Å². The molecule has 0 radical (unpaired) electrons. The quantitative estimate of drug-likeness (QED) is 0.729. The van der Waals surface area contributed by atoms with E-state index >= 15 is 0 Å². The van der Waals surface area contributed by atoms with Crippen LogP contribution < -0.4 is 15.4 Å². The van der Waals surface area contributed by atoms with Crippen LogP contribution in [0.5, 0.6) is 5.75 Å². The molecule has 0 aliphatic rings. The van der Waals surface area contributed by atoms with Crippen LogP contribution >= 0.6 is 0 Å². The van der Waals surface area contributed by atoms with Crippen molar-refractivity contribution < 1.29 is 13.9 Å². The summed E-state index contributed by atoms with van der Waals surface area (Å²) < 4.78 is 10.5. The Balaban J connectivity index is 1.69. The lowest BCUT2D eigenvalue weighted by Gasteiger charge is -2.09. The van der Waals surface area contributed by atoms with Gasteiger partial charge in [-0.25, -0.2) is 4.79 Å². The van der Waals surface area contributed by atoms with E-state index in [1.807, 2.05) is 30.3 Å². The second-order valence-corrected chi connectivity index (χ2v) is 4.99. The van der Waals surface area contributed by atoms with E-state index in [1.165, 1.54) is 0 Å². The highest BCUT2D eigenvalue weighted by Crippen LogP contribution is 2.15. The summed E-state index contributed by atoms with van der Waals surface area (Å²) >= 11 is 0. The molecule has 1 aromatic carbocycles. The summed E-state index contributed by atoms with van der Waals surface area (Å²) in [4.78, 5) is 11.8. The van der Waals surface area contributed by atoms with Crippen LogP contribution in [0.15, 0.2) is 47.3 Å². The van der Waals surface area contributed by atoms with Gasteiger partial charge in [0.15, 0.2) is 0 Å². The molecule has 1 aromatic heterocycles. The Hall–Kier alpha value is -2.43. The number of urea groups is 1. The second kappa shape index (κ2) is 8.77. The molecule has 0 aliphatic carbocycles. The van der Waals surface area contributed by atoms with Crippen LogP contribution in [0.25, 0.3) is 0 Å². The molecule has 0 atom stereocenters. The Morgan fingerprint density at radius 1 is 1.23 bits per heavy atom. The summed E-state index contributed by atoms with van der Waals surface area (Å²) in [5, 5.41) is 5.59. The predicted molar refractivity (Wildman–Crippen MR) is 86.3 cm³/mol. The van der Waals surface area contributed by atoms with E-state index in [0.717, 1.165) is 42.9 Å². The number of amides is 2. The van der Waals surface area contributed by atoms with Gasteiger partial charge in [-0.05, 0) is 48.7 Å². The fourth-order valence-corrected chi connectivity index (χ4v) is 1.90. The third-order valence-electron chi connectivity index (χ3n) is 3.16. The lowest BCUT2D eigenvalue weighted by Crippen LogP contribution is -2.30. The minimum Gasteiger partial charge on any atom is -0.494 e. The summed E-state index contributed by atoms with van der Waals surface area (Å²) in [6.45, 7) is 3.41. The van der Waals surface area contributed by atoms with E-state index in [1.54, 1.807) is 12.5 Å². The minimum atomic E-state index is -0.219. The molecule has 0 aliphatic heterocycles. The average molecular weight is 302 g/mol. The van der Waals surface area contributed by atoms with Crippen LogP contribution in [0.4, 0.5) is 10.5 Å². The number of carbonyl (C=O) groups excluding carboxylic acids is 1. The zero-order valence-corrected chi connectivity index (χ0v) is 12.8. The van der Waals surface area contributed by atoms with E-state index in [2.05, 4.69) is 17.6 Å². The summed E-state index contributed by atoms with van der Waals surface area (Å²) in [5.74, 6) is 0.819. The van der Waals surface area contributed by atoms with Gasteiger partial charge in [0, 0.05) is 12.2 Å². The second-order valence-electron chi connectivity index (χ2n) is 4.99. The molecule has 0 unspecified atom stereocenters. The number of hydrogen-bond acceptors (Lipinski definition) is 3. The van der Waals surface area contributed by atoms with Gasteiger partial charge >= 0.3 is 6.03 Å². The normalized spacial score (nSPS) is 10.2. The monoisotopic (exact) mass is 302 g/mol. The number of unbranched alkanes of at least 4 members (excludes halogenated alkanes) is 1. The van der Waals surface area contributed by atoms with Crippen molar-refractivity contribution in [1.29, 1.82) is 0 Å². The number of anilines is 1. The highest BCUT2D eigenvalue weighted by molar-refractivity contribution is 5.89. The lowest BCUT2D eigenvalue weighted by molar-refractivity contribution is 0.252. The highest BCUT2D eigenvalue weighted by atomic mass is 16.5. The number of carbonyl (C=O) groups is 1. The first kappa shape index (κ1) is 15.9. The van der Waals surface area contributed by atoms with E-state index < -0.39 is 0 Å². The van der Waals surface area contributed by atoms with Gasteiger partial charge in [0.2, 0.25) is 0 Å². The molecule has 0 fully saturated rings. The molecule has 5 nitrogen and oxygen atoms in total. The van der Waals surface area contributed by atoms with Crippen LogP contribution in [-0.2, 0) is 6.42 Å². The van der Waals surface area contributed by atoms with Crippen LogP contribution in [0, 0.1) is 0 Å². The van der Waals surface area contributed by atoms with Gasteiger partial charge in [-0.2, -0.15) is 0 Å². The van der Waals surface area contributed by atoms with Crippen molar-refractivity contribution in [2.45, 2.75) is 26.2 Å². The smallest absolute Gasteiger partial charge is 0.319 e. The minimum absolute atomic E-state index is 0.219. The standard InChI is InChI=1S/C17H22N2O3/c1-2-3-11-22-16-6-4-15(5-7-16)19-17(20)18-10-8-14-9-12-21-13-14/h4-7,9,12-13H,2-3,8,10-11H2,1H3,(H2,18,19,20). The van der Waals surface area contributed by atoms with Gasteiger partial charge in [-0.15, -0.1) is 0 Å². The zero-order valence-electron chi connectivity index (χ0n) is 12.8. The van der Waals surface area contributed by atoms with Crippen molar-refractivity contribution >= 4 is 11.7 Å². The van der Waals surface area contributed by atoms with E-state index in [4.69, 9.17) is 9.15 Å². The van der Waals surface area contributed by atoms with Gasteiger partial charge in [-0.1, -0.05) is 13.3 Å². The molecule has 5 heteroatoms. The van der Waals surface area contributed by atoms with Gasteiger partial charge in [0.05, 0.1) is 19.1 Å². The van der Waals surface area contributed by atoms with Crippen LogP contribution in [-0.4, -0.2) is 19.2 Å². The van der Waals surface area contributed by atoms with Crippen molar-refractivity contribution in [1.82, 2.24) is 5.32 Å². The molecule has 0 bridgehead atoms. The Kier molecular flexibility index (Phi) is 6.36. The number of furan rings is 1. The van der Waals surface area contributed by atoms with Crippen LogP contribution in [0.2, 0.25) is 0 Å². The topological polar surface area (TPSA) is 63.5 Å². The van der Waals surface area contributed by atoms with Crippen molar-refractivity contribution in [3.05, 3.63) is 48.4 Å². The third kappa shape index (κ3) is 5.52. The summed E-state index contributed by atoms with van der Waals surface area (Å²) in [7, 11) is 0. The van der Waals surface area contributed by atoms with E-state index in [0.29, 0.717) is 6.54 Å². The number of benzene rings is 1. The molecular formula is C17H22N2O3. The largest absolute Gasteiger partial charge is 0.494 e. The maximum Gasteiger partial charge on any atom is 0.319 e. The van der Waals surface area contributed by atoms with Crippen molar-refractivity contribution in [2.24, 2.45) is 0 Å². The van der Waals surface area contributed by atoms with Crippen molar-refractivity contribution in [2.75, 3.05) is 18.5 Å². The molecule has 1 heterocycles. The summed E-state index contributed by atoms with van der Waals surface area (Å²) in [6.07, 6.45) is 6.20. The number of nitrogens with one attached hydrogen (secondary N) is 2. The Morgan fingerprint density at radius 3 is 2.73 bits per heavy atom. The maximum absolute atomic E-state index is 11.8. The molecule has 22 heavy (non-hydrogen) atoms. The van der Waals surface area contributed by atoms with E-state index in [9.17, 15) is 4.79 Å². The Morgan fingerprint density at radius 2 is 2.05 bits per heavy atom. The summed E-state index contributed by atoms with van der Waals surface area (Å²) in [6, 6.07) is 9.04. The molecule has 2 rings (SSSR count). The van der Waals surface area contributed by atoms with Gasteiger partial charge < -0.3 is 19.8 Å². The van der Waals surface area contributed by atoms with Crippen molar-refractivity contribution in [3.63, 3.8) is 0 Å². The van der Waals surface area contributed by atoms with Gasteiger partial charge in [0.1, 0.15) is 5.75 Å². The Bertz CT molecular complexity index is 550. The zero-order chi connectivity index (χ0) is 15.6. The first-order valence-corrected chi connectivity index (χ1v) is 7.56. The van der Waals surface area contributed by atoms with Crippen molar-refractivity contribution in [3.8, 4) is 5.75 Å². The molecule has 2 N–H and O–H groups in total. The Labute approximate surface area is 130 Å². The lowest BCUT2D eigenvalue weighted by atomic mass is 10.2. The number of ether oxygens (including phenoxy) is 1. The highest BCUT2D eigenvalue weighted by Gasteiger charge is 2.02. The number of rotatable bonds is 8. The number of hydrogen-bond donors (Lipinski definition) is 2. The third-order valence-corrected chi connectivity index (χ3v) is 3.16. The molecule has 2 aromatic rings.